The number of rotatable bonds is 7. The van der Waals surface area contributed by atoms with Crippen LogP contribution in [0.5, 0.6) is 11.5 Å². The van der Waals surface area contributed by atoms with Gasteiger partial charge in [0.25, 0.3) is 5.91 Å². The Hall–Kier alpha value is -2.71. The van der Waals surface area contributed by atoms with E-state index in [1.54, 1.807) is 6.07 Å². The maximum absolute atomic E-state index is 14.8. The summed E-state index contributed by atoms with van der Waals surface area (Å²) >= 11 is 0. The molecule has 1 amide bonds. The first kappa shape index (κ1) is 25.4. The van der Waals surface area contributed by atoms with Crippen molar-refractivity contribution in [3.8, 4) is 11.5 Å². The predicted octanol–water partition coefficient (Wildman–Crippen LogP) is 4.18. The number of benzene rings is 1. The van der Waals surface area contributed by atoms with Crippen LogP contribution in [0, 0.1) is 11.7 Å². The van der Waals surface area contributed by atoms with Crippen molar-refractivity contribution in [2.75, 3.05) is 13.7 Å². The van der Waals surface area contributed by atoms with E-state index in [2.05, 4.69) is 15.6 Å². The molecule has 0 spiro atoms. The Kier molecular flexibility index (Phi) is 7.62. The molecule has 9 heteroatoms. The summed E-state index contributed by atoms with van der Waals surface area (Å²) in [6, 6.07) is 5.01. The van der Waals surface area contributed by atoms with Crippen LogP contribution >= 0.6 is 12.4 Å². The first-order valence-corrected chi connectivity index (χ1v) is 12.2. The summed E-state index contributed by atoms with van der Waals surface area (Å²) in [5, 5.41) is 6.64. The number of ether oxygens (including phenoxy) is 2. The molecule has 3 aliphatic rings. The van der Waals surface area contributed by atoms with Crippen LogP contribution in [-0.2, 0) is 4.79 Å². The van der Waals surface area contributed by atoms with Crippen molar-refractivity contribution in [3.05, 3.63) is 52.7 Å². The summed E-state index contributed by atoms with van der Waals surface area (Å²) in [6.45, 7) is 2.48. The molecular weight excluding hydrogens is 471 g/mol. The second-order valence-corrected chi connectivity index (χ2v) is 9.75. The topological polar surface area (TPSA) is 101 Å². The van der Waals surface area contributed by atoms with Crippen molar-refractivity contribution in [3.63, 3.8) is 0 Å². The minimum Gasteiger partial charge on any atom is -0.494 e. The third-order valence-corrected chi connectivity index (χ3v) is 7.18. The molecule has 0 saturated heterocycles. The van der Waals surface area contributed by atoms with Gasteiger partial charge in [-0.1, -0.05) is 0 Å². The first-order chi connectivity index (χ1) is 16.4. The molecule has 1 unspecified atom stereocenters. The highest BCUT2D eigenvalue weighted by Gasteiger charge is 2.34. The number of amides is 1. The molecule has 7 nitrogen and oxygen atoms in total. The van der Waals surface area contributed by atoms with Gasteiger partial charge in [0.2, 0.25) is 0 Å². The predicted molar refractivity (Wildman–Crippen MR) is 135 cm³/mol. The Bertz CT molecular complexity index is 1110. The van der Waals surface area contributed by atoms with Crippen molar-refractivity contribution in [2.24, 2.45) is 11.7 Å². The van der Waals surface area contributed by atoms with Crippen LogP contribution in [0.2, 0.25) is 0 Å². The zero-order valence-electron chi connectivity index (χ0n) is 20.2. The summed E-state index contributed by atoms with van der Waals surface area (Å²) in [5.41, 5.74) is 9.63. The zero-order chi connectivity index (χ0) is 23.8. The fourth-order valence-electron chi connectivity index (χ4n) is 4.99. The zero-order valence-corrected chi connectivity index (χ0v) is 21.0. The van der Waals surface area contributed by atoms with Gasteiger partial charge in [0, 0.05) is 41.2 Å². The van der Waals surface area contributed by atoms with Crippen LogP contribution in [-0.4, -0.2) is 36.7 Å². The van der Waals surface area contributed by atoms with Gasteiger partial charge in [-0.15, -0.1) is 12.4 Å². The Morgan fingerprint density at radius 3 is 2.57 bits per heavy atom. The summed E-state index contributed by atoms with van der Waals surface area (Å²) in [4.78, 5) is 16.5. The van der Waals surface area contributed by atoms with E-state index in [0.29, 0.717) is 29.4 Å². The summed E-state index contributed by atoms with van der Waals surface area (Å²) in [6.07, 6.45) is 7.75. The minimum atomic E-state index is -0.448. The van der Waals surface area contributed by atoms with Gasteiger partial charge in [-0.3, -0.25) is 4.79 Å². The number of aromatic nitrogens is 1. The fraction of sp³-hybridized carbons (Fsp3) is 0.500. The molecule has 2 aromatic rings. The number of aromatic amines is 1. The Morgan fingerprint density at radius 2 is 1.89 bits per heavy atom. The average Bonchev–Trinajstić information content (AvgIpc) is 3.53. The van der Waals surface area contributed by atoms with Crippen molar-refractivity contribution < 1.29 is 18.7 Å². The lowest BCUT2D eigenvalue weighted by atomic mass is 9.89. The number of nitrogens with two attached hydrogens (primary N) is 1. The molecule has 1 aromatic heterocycles. The van der Waals surface area contributed by atoms with E-state index < -0.39 is 5.82 Å². The molecule has 0 bridgehead atoms. The second kappa shape index (κ2) is 10.5. The lowest BCUT2D eigenvalue weighted by molar-refractivity contribution is -0.116. The molecular formula is C26H34ClFN4O3. The number of hydrogen-bond donors (Lipinski definition) is 4. The van der Waals surface area contributed by atoms with Crippen LogP contribution in [0.4, 0.5) is 4.39 Å². The van der Waals surface area contributed by atoms with Gasteiger partial charge < -0.3 is 30.8 Å². The third-order valence-electron chi connectivity index (χ3n) is 7.18. The molecule has 2 aliphatic carbocycles. The van der Waals surface area contributed by atoms with Crippen molar-refractivity contribution in [1.29, 1.82) is 0 Å². The number of nitrogens with one attached hydrogen (secondary N) is 3. The number of hydrogen-bond acceptors (Lipinski definition) is 5. The van der Waals surface area contributed by atoms with Gasteiger partial charge >= 0.3 is 0 Å². The van der Waals surface area contributed by atoms with E-state index in [0.717, 1.165) is 55.5 Å². The van der Waals surface area contributed by atoms with Gasteiger partial charge in [-0.2, -0.15) is 0 Å². The standard InChI is InChI=1S/C26H33FN4O3.ClH/c1-14-23(26(32)31-17-7-5-16(28)6-8-17)25-18(9-10-29-25)24(30-14)19-11-20(27)22(33-2)12-21(19)34-13-15-3-4-15;/h9-12,15-17,24,29-30H,3-8,13,28H2,1-2H3,(H,31,32);1H. The van der Waals surface area contributed by atoms with E-state index in [9.17, 15) is 9.18 Å². The maximum atomic E-state index is 14.8. The molecule has 1 aliphatic heterocycles. The van der Waals surface area contributed by atoms with E-state index in [1.807, 2.05) is 19.2 Å². The van der Waals surface area contributed by atoms with Gasteiger partial charge in [0.15, 0.2) is 11.6 Å². The number of allylic oxidation sites excluding steroid dienone is 1. The molecule has 1 atom stereocenters. The molecule has 2 saturated carbocycles. The molecule has 2 heterocycles. The maximum Gasteiger partial charge on any atom is 0.255 e. The smallest absolute Gasteiger partial charge is 0.255 e. The SMILES string of the molecule is COc1cc(OCC2CC2)c(C2NC(C)=C(C(=O)NC3CCC(N)CC3)c3[nH]ccc32)cc1F.Cl. The Balaban J connectivity index is 0.00000289. The third kappa shape index (κ3) is 5.28. The molecule has 0 radical (unpaired) electrons. The van der Waals surface area contributed by atoms with Gasteiger partial charge in [0.05, 0.1) is 31.0 Å². The summed E-state index contributed by atoms with van der Waals surface area (Å²) < 4.78 is 26.1. The van der Waals surface area contributed by atoms with Crippen molar-refractivity contribution >= 4 is 23.9 Å². The first-order valence-electron chi connectivity index (χ1n) is 12.2. The van der Waals surface area contributed by atoms with E-state index >= 15 is 0 Å². The van der Waals surface area contributed by atoms with E-state index in [4.69, 9.17) is 15.2 Å². The monoisotopic (exact) mass is 504 g/mol. The molecule has 35 heavy (non-hydrogen) atoms. The lowest BCUT2D eigenvalue weighted by Gasteiger charge is -2.31. The van der Waals surface area contributed by atoms with Gasteiger partial charge in [-0.05, 0) is 63.5 Å². The number of carbonyl (C=O) groups is 1. The quantitative estimate of drug-likeness (QED) is 0.453. The summed E-state index contributed by atoms with van der Waals surface area (Å²) in [5.74, 6) is 0.736. The normalized spacial score (nSPS) is 23.6. The molecule has 5 N–H and O–H groups in total. The number of fused-ring (bicyclic) bond motifs is 1. The van der Waals surface area contributed by atoms with Crippen LogP contribution in [0.25, 0.3) is 5.57 Å². The van der Waals surface area contributed by atoms with Crippen molar-refractivity contribution in [2.45, 2.75) is 63.6 Å². The van der Waals surface area contributed by atoms with Crippen LogP contribution in [0.3, 0.4) is 0 Å². The lowest BCUT2D eigenvalue weighted by Crippen LogP contribution is -2.42. The number of methoxy groups -OCH3 is 1. The molecule has 190 valence electrons. The van der Waals surface area contributed by atoms with E-state index in [-0.39, 0.29) is 42.2 Å². The number of H-pyrrole nitrogens is 1. The highest BCUT2D eigenvalue weighted by Crippen LogP contribution is 2.41. The molecule has 5 rings (SSSR count). The largest absolute Gasteiger partial charge is 0.494 e. The highest BCUT2D eigenvalue weighted by molar-refractivity contribution is 6.20. The number of halogens is 2. The average molecular weight is 505 g/mol. The second-order valence-electron chi connectivity index (χ2n) is 9.75. The van der Waals surface area contributed by atoms with Crippen LogP contribution in [0.15, 0.2) is 30.1 Å². The molecule has 2 fully saturated rings. The van der Waals surface area contributed by atoms with Gasteiger partial charge in [0.1, 0.15) is 5.75 Å². The fourth-order valence-corrected chi connectivity index (χ4v) is 4.99. The Labute approximate surface area is 211 Å². The van der Waals surface area contributed by atoms with Gasteiger partial charge in [-0.25, -0.2) is 4.39 Å². The highest BCUT2D eigenvalue weighted by atomic mass is 35.5. The minimum absolute atomic E-state index is 0. The van der Waals surface area contributed by atoms with Crippen LogP contribution in [0.1, 0.15) is 68.3 Å². The molecule has 1 aromatic carbocycles. The van der Waals surface area contributed by atoms with Crippen molar-refractivity contribution in [1.82, 2.24) is 15.6 Å². The number of carbonyl (C=O) groups excluding carboxylic acids is 1. The Morgan fingerprint density at radius 1 is 1.14 bits per heavy atom. The van der Waals surface area contributed by atoms with E-state index in [1.165, 1.54) is 13.2 Å². The van der Waals surface area contributed by atoms with Crippen LogP contribution < -0.4 is 25.8 Å². The summed E-state index contributed by atoms with van der Waals surface area (Å²) in [7, 11) is 1.45.